The highest BCUT2D eigenvalue weighted by Gasteiger charge is 2.42. The van der Waals surface area contributed by atoms with Crippen LogP contribution in [-0.2, 0) is 6.54 Å². The molecule has 28 heavy (non-hydrogen) atoms. The molecule has 0 bridgehead atoms. The summed E-state index contributed by atoms with van der Waals surface area (Å²) < 4.78 is 13.5. The second-order valence-electron chi connectivity index (χ2n) is 8.66. The van der Waals surface area contributed by atoms with E-state index < -0.39 is 12.3 Å². The first-order valence-corrected chi connectivity index (χ1v) is 10.7. The van der Waals surface area contributed by atoms with Crippen molar-refractivity contribution >= 4 is 23.4 Å². The third-order valence-corrected chi connectivity index (χ3v) is 7.07. The van der Waals surface area contributed by atoms with E-state index in [-0.39, 0.29) is 5.41 Å². The number of carboxylic acid groups (broad SMARTS) is 1. The van der Waals surface area contributed by atoms with Gasteiger partial charge in [-0.3, -0.25) is 4.90 Å². The number of hydrogen-bond acceptors (Lipinski definition) is 3. The molecule has 0 aromatic heterocycles. The summed E-state index contributed by atoms with van der Waals surface area (Å²) in [7, 11) is 0. The van der Waals surface area contributed by atoms with Gasteiger partial charge < -0.3 is 14.9 Å². The second-order valence-corrected chi connectivity index (χ2v) is 9.10. The molecule has 1 amide bonds. The monoisotopic (exact) mass is 409 g/mol. The molecule has 5 nitrogen and oxygen atoms in total. The van der Waals surface area contributed by atoms with Gasteiger partial charge in [-0.2, -0.15) is 0 Å². The van der Waals surface area contributed by atoms with E-state index >= 15 is 0 Å². The zero-order chi connectivity index (χ0) is 19.7. The molecule has 0 saturated carbocycles. The van der Waals surface area contributed by atoms with Crippen molar-refractivity contribution in [2.45, 2.75) is 44.8 Å². The fourth-order valence-corrected chi connectivity index (χ4v) is 5.15. The van der Waals surface area contributed by atoms with Crippen LogP contribution in [0.25, 0.3) is 0 Å². The molecule has 1 spiro atoms. The Morgan fingerprint density at radius 2 is 1.82 bits per heavy atom. The summed E-state index contributed by atoms with van der Waals surface area (Å²) in [5.41, 5.74) is 2.55. The summed E-state index contributed by atoms with van der Waals surface area (Å²) in [6.07, 6.45) is 2.77. The molecule has 3 saturated heterocycles. The number of nitrogens with zero attached hydrogens (tertiary/aromatic N) is 3. The molecule has 154 valence electrons. The lowest BCUT2D eigenvalue weighted by Gasteiger charge is -2.40. The van der Waals surface area contributed by atoms with E-state index in [9.17, 15) is 14.3 Å². The van der Waals surface area contributed by atoms with Crippen LogP contribution >= 0.6 is 11.6 Å². The Balaban J connectivity index is 1.40. The average Bonchev–Trinajstić information content (AvgIpc) is 3.10. The number of rotatable bonds is 3. The van der Waals surface area contributed by atoms with E-state index in [1.807, 2.05) is 12.1 Å². The minimum absolute atomic E-state index is 0.167. The van der Waals surface area contributed by atoms with E-state index in [0.29, 0.717) is 25.9 Å². The van der Waals surface area contributed by atoms with Crippen LogP contribution in [0.1, 0.15) is 37.7 Å². The highest BCUT2D eigenvalue weighted by atomic mass is 35.5. The molecule has 0 unspecified atom stereocenters. The quantitative estimate of drug-likeness (QED) is 0.810. The summed E-state index contributed by atoms with van der Waals surface area (Å²) in [5.74, 6) is 0. The topological polar surface area (TPSA) is 47.0 Å². The van der Waals surface area contributed by atoms with Crippen molar-refractivity contribution in [3.63, 3.8) is 0 Å². The molecule has 0 radical (unpaired) electrons. The van der Waals surface area contributed by atoms with Crippen molar-refractivity contribution in [2.24, 2.45) is 5.41 Å². The van der Waals surface area contributed by atoms with Gasteiger partial charge in [0, 0.05) is 43.4 Å². The van der Waals surface area contributed by atoms with Crippen LogP contribution in [0.15, 0.2) is 18.2 Å². The smallest absolute Gasteiger partial charge is 0.407 e. The predicted molar refractivity (Wildman–Crippen MR) is 109 cm³/mol. The van der Waals surface area contributed by atoms with E-state index in [1.54, 1.807) is 4.90 Å². The van der Waals surface area contributed by atoms with Gasteiger partial charge in [0.1, 0.15) is 6.17 Å². The van der Waals surface area contributed by atoms with Gasteiger partial charge in [-0.25, -0.2) is 9.18 Å². The fraction of sp³-hybridized carbons (Fsp3) is 0.667. The summed E-state index contributed by atoms with van der Waals surface area (Å²) in [5, 5.41) is 9.96. The molecule has 7 heteroatoms. The molecular weight excluding hydrogens is 381 g/mol. The SMILES string of the molecule is O=C(O)N1CCC2(CCN(Cc3ccc(Cl)cc3N3CCC(F)CC3)CC2)C1. The Bertz CT molecular complexity index is 716. The van der Waals surface area contributed by atoms with Crippen LogP contribution in [0, 0.1) is 5.41 Å². The van der Waals surface area contributed by atoms with Crippen LogP contribution in [0.4, 0.5) is 14.9 Å². The standard InChI is InChI=1S/C21H29ClFN3O2/c22-17-2-1-16(19(13-17)25-8-3-18(23)4-9-25)14-24-10-5-21(6-11-24)7-12-26(15-21)20(27)28/h1-2,13,18H,3-12,14-15H2,(H,27,28). The Morgan fingerprint density at radius 1 is 1.14 bits per heavy atom. The van der Waals surface area contributed by atoms with E-state index in [4.69, 9.17) is 11.6 Å². The first-order chi connectivity index (χ1) is 13.4. The fourth-order valence-electron chi connectivity index (χ4n) is 4.99. The maximum atomic E-state index is 13.5. The maximum absolute atomic E-state index is 13.5. The van der Waals surface area contributed by atoms with Gasteiger partial charge in [-0.1, -0.05) is 17.7 Å². The molecule has 0 aliphatic carbocycles. The lowest BCUT2D eigenvalue weighted by atomic mass is 9.77. The Kier molecular flexibility index (Phi) is 5.70. The van der Waals surface area contributed by atoms with Crippen LogP contribution in [0.5, 0.6) is 0 Å². The van der Waals surface area contributed by atoms with Crippen LogP contribution in [0.3, 0.4) is 0 Å². The van der Waals surface area contributed by atoms with Crippen LogP contribution in [0.2, 0.25) is 5.02 Å². The Hall–Kier alpha value is -1.53. The van der Waals surface area contributed by atoms with Crippen molar-refractivity contribution < 1.29 is 14.3 Å². The average molecular weight is 410 g/mol. The Labute approximate surface area is 171 Å². The first kappa shape index (κ1) is 19.8. The lowest BCUT2D eigenvalue weighted by molar-refractivity contribution is 0.0988. The summed E-state index contributed by atoms with van der Waals surface area (Å²) in [4.78, 5) is 17.5. The number of benzene rings is 1. The largest absolute Gasteiger partial charge is 0.465 e. The van der Waals surface area contributed by atoms with E-state index in [2.05, 4.69) is 15.9 Å². The van der Waals surface area contributed by atoms with Crippen molar-refractivity contribution in [1.29, 1.82) is 0 Å². The molecule has 3 aliphatic rings. The van der Waals surface area contributed by atoms with Crippen molar-refractivity contribution in [2.75, 3.05) is 44.2 Å². The van der Waals surface area contributed by atoms with E-state index in [0.717, 1.165) is 62.7 Å². The van der Waals surface area contributed by atoms with E-state index in [1.165, 1.54) is 5.56 Å². The summed E-state index contributed by atoms with van der Waals surface area (Å²) >= 11 is 6.26. The zero-order valence-electron chi connectivity index (χ0n) is 16.2. The number of amides is 1. The summed E-state index contributed by atoms with van der Waals surface area (Å²) in [6, 6.07) is 6.06. The molecule has 0 atom stereocenters. The van der Waals surface area contributed by atoms with Crippen molar-refractivity contribution in [3.8, 4) is 0 Å². The van der Waals surface area contributed by atoms with Gasteiger partial charge in [0.05, 0.1) is 0 Å². The lowest BCUT2D eigenvalue weighted by Crippen LogP contribution is -2.42. The molecule has 3 aliphatic heterocycles. The minimum Gasteiger partial charge on any atom is -0.465 e. The number of likely N-dealkylation sites (tertiary alicyclic amines) is 2. The normalized spacial score (nSPS) is 23.5. The second kappa shape index (κ2) is 8.07. The molecular formula is C21H29ClFN3O2. The molecule has 1 aromatic rings. The number of alkyl halides is 1. The number of piperidine rings is 2. The zero-order valence-corrected chi connectivity index (χ0v) is 17.0. The maximum Gasteiger partial charge on any atom is 0.407 e. The van der Waals surface area contributed by atoms with Gasteiger partial charge in [-0.15, -0.1) is 0 Å². The van der Waals surface area contributed by atoms with Gasteiger partial charge in [-0.05, 0) is 68.3 Å². The highest BCUT2D eigenvalue weighted by Crippen LogP contribution is 2.41. The number of carbonyl (C=O) groups is 1. The van der Waals surface area contributed by atoms with Crippen molar-refractivity contribution in [3.05, 3.63) is 28.8 Å². The van der Waals surface area contributed by atoms with Crippen molar-refractivity contribution in [1.82, 2.24) is 9.80 Å². The first-order valence-electron chi connectivity index (χ1n) is 10.3. The number of halogens is 2. The Morgan fingerprint density at radius 3 is 2.46 bits per heavy atom. The molecule has 3 heterocycles. The third kappa shape index (κ3) is 4.23. The predicted octanol–water partition coefficient (Wildman–Crippen LogP) is 4.24. The van der Waals surface area contributed by atoms with Gasteiger partial charge in [0.25, 0.3) is 0 Å². The molecule has 3 fully saturated rings. The molecule has 4 rings (SSSR count). The number of hydrogen-bond donors (Lipinski definition) is 1. The van der Waals surface area contributed by atoms with Gasteiger partial charge in [0.2, 0.25) is 0 Å². The van der Waals surface area contributed by atoms with Crippen LogP contribution in [-0.4, -0.2) is 66.4 Å². The van der Waals surface area contributed by atoms with Crippen LogP contribution < -0.4 is 4.90 Å². The summed E-state index contributed by atoms with van der Waals surface area (Å²) in [6.45, 7) is 5.66. The third-order valence-electron chi connectivity index (χ3n) is 6.83. The van der Waals surface area contributed by atoms with Gasteiger partial charge >= 0.3 is 6.09 Å². The molecule has 1 aromatic carbocycles. The number of anilines is 1. The van der Waals surface area contributed by atoms with Gasteiger partial charge in [0.15, 0.2) is 0 Å². The molecule has 1 N–H and O–H groups in total. The minimum atomic E-state index is -0.790. The highest BCUT2D eigenvalue weighted by molar-refractivity contribution is 6.30.